The molecule has 0 aliphatic carbocycles. The predicted octanol–water partition coefficient (Wildman–Crippen LogP) is 2.91. The summed E-state index contributed by atoms with van der Waals surface area (Å²) in [6.45, 7) is 10.7. The van der Waals surface area contributed by atoms with Crippen LogP contribution in [0.25, 0.3) is 0 Å². The highest BCUT2D eigenvalue weighted by Gasteiger charge is 2.05. The van der Waals surface area contributed by atoms with Gasteiger partial charge < -0.3 is 16.0 Å². The Labute approximate surface area is 153 Å². The first-order chi connectivity index (χ1) is 12.2. The molecule has 148 valence electrons. The van der Waals surface area contributed by atoms with Crippen LogP contribution < -0.4 is 16.0 Å². The first-order valence-electron chi connectivity index (χ1n) is 9.98. The second-order valence-electron chi connectivity index (χ2n) is 5.42. The number of nitrogens with one attached hydrogen (secondary N) is 3. The Kier molecular flexibility index (Phi) is 21.0. The highest BCUT2D eigenvalue weighted by Crippen LogP contribution is 2.02. The SMILES string of the molecule is CC.CC.O=C1CCCCCN1.O=C1CCCCN1.O=C1CCCN1. The molecule has 3 N–H and O–H groups in total. The second-order valence-corrected chi connectivity index (χ2v) is 5.42. The summed E-state index contributed by atoms with van der Waals surface area (Å²) in [7, 11) is 0. The molecule has 0 spiro atoms. The number of amides is 3. The van der Waals surface area contributed by atoms with Gasteiger partial charge in [-0.15, -0.1) is 0 Å². The first-order valence-corrected chi connectivity index (χ1v) is 9.98. The lowest BCUT2D eigenvalue weighted by Crippen LogP contribution is -2.28. The van der Waals surface area contributed by atoms with Crippen LogP contribution in [0.3, 0.4) is 0 Å². The van der Waals surface area contributed by atoms with E-state index in [0.29, 0.717) is 0 Å². The van der Waals surface area contributed by atoms with E-state index in [-0.39, 0.29) is 17.7 Å². The number of carbonyl (C=O) groups excluding carboxylic acids is 3. The Balaban J connectivity index is 0. The van der Waals surface area contributed by atoms with Crippen LogP contribution in [0.5, 0.6) is 0 Å². The van der Waals surface area contributed by atoms with Crippen molar-refractivity contribution in [2.75, 3.05) is 19.6 Å². The van der Waals surface area contributed by atoms with Crippen molar-refractivity contribution < 1.29 is 14.4 Å². The molecule has 0 unspecified atom stereocenters. The highest BCUT2D eigenvalue weighted by atomic mass is 16.2. The lowest BCUT2D eigenvalue weighted by Gasteiger charge is -2.08. The molecule has 0 aromatic rings. The lowest BCUT2D eigenvalue weighted by atomic mass is 10.2. The van der Waals surface area contributed by atoms with E-state index >= 15 is 0 Å². The molecule has 0 atom stereocenters. The van der Waals surface area contributed by atoms with E-state index in [9.17, 15) is 14.4 Å². The molecular formula is C19H39N3O3. The molecule has 3 heterocycles. The molecule has 3 rings (SSSR count). The maximum Gasteiger partial charge on any atom is 0.220 e. The molecule has 3 amide bonds. The Hall–Kier alpha value is -1.59. The van der Waals surface area contributed by atoms with Crippen LogP contribution in [-0.2, 0) is 14.4 Å². The predicted molar refractivity (Wildman–Crippen MR) is 103 cm³/mol. The number of carbonyl (C=O) groups is 3. The maximum absolute atomic E-state index is 10.6. The molecule has 3 aliphatic rings. The average Bonchev–Trinajstić information content (AvgIpc) is 3.01. The molecule has 0 radical (unpaired) electrons. The van der Waals surface area contributed by atoms with Crippen molar-refractivity contribution in [2.45, 2.75) is 85.5 Å². The summed E-state index contributed by atoms with van der Waals surface area (Å²) in [4.78, 5) is 31.1. The zero-order valence-corrected chi connectivity index (χ0v) is 16.7. The van der Waals surface area contributed by atoms with Crippen molar-refractivity contribution in [3.05, 3.63) is 0 Å². The van der Waals surface area contributed by atoms with E-state index in [1.54, 1.807) is 0 Å². The third-order valence-corrected chi connectivity index (χ3v) is 3.46. The minimum absolute atomic E-state index is 0.204. The minimum Gasteiger partial charge on any atom is -0.356 e. The molecule has 0 aromatic carbocycles. The fourth-order valence-electron chi connectivity index (χ4n) is 2.20. The molecule has 0 saturated carbocycles. The van der Waals surface area contributed by atoms with Gasteiger partial charge in [0.2, 0.25) is 17.7 Å². The van der Waals surface area contributed by atoms with Crippen molar-refractivity contribution in [3.63, 3.8) is 0 Å². The van der Waals surface area contributed by atoms with Gasteiger partial charge in [-0.25, -0.2) is 0 Å². The van der Waals surface area contributed by atoms with Gasteiger partial charge in [-0.1, -0.05) is 34.1 Å². The van der Waals surface area contributed by atoms with Crippen LogP contribution in [0.15, 0.2) is 0 Å². The molecular weight excluding hydrogens is 318 g/mol. The normalized spacial score (nSPS) is 18.5. The molecule has 6 nitrogen and oxygen atoms in total. The standard InChI is InChI=1S/C6H11NO.C5H9NO.C4H7NO.2C2H6/c8-6-4-2-1-3-5-7-6;7-5-3-1-2-4-6-5;6-4-2-1-3-5-4;2*1-2/h1-5H2,(H,7,8);1-4H2,(H,6,7);1-3H2,(H,5,6);2*1-2H3. The molecule has 3 aliphatic heterocycles. The fourth-order valence-corrected chi connectivity index (χ4v) is 2.20. The van der Waals surface area contributed by atoms with Crippen LogP contribution in [0, 0.1) is 0 Å². The molecule has 3 fully saturated rings. The Morgan fingerprint density at radius 2 is 0.800 bits per heavy atom. The van der Waals surface area contributed by atoms with Crippen molar-refractivity contribution >= 4 is 17.7 Å². The summed E-state index contributed by atoms with van der Waals surface area (Å²) >= 11 is 0. The van der Waals surface area contributed by atoms with E-state index in [2.05, 4.69) is 16.0 Å². The summed E-state index contributed by atoms with van der Waals surface area (Å²) in [6.07, 6.45) is 8.91. The van der Waals surface area contributed by atoms with Gasteiger partial charge in [-0.2, -0.15) is 0 Å². The van der Waals surface area contributed by atoms with Crippen molar-refractivity contribution in [1.82, 2.24) is 16.0 Å². The van der Waals surface area contributed by atoms with Crippen LogP contribution >= 0.6 is 0 Å². The fraction of sp³-hybridized carbons (Fsp3) is 0.842. The van der Waals surface area contributed by atoms with E-state index in [1.165, 1.54) is 6.42 Å². The van der Waals surface area contributed by atoms with Gasteiger partial charge in [-0.05, 0) is 32.1 Å². The summed E-state index contributed by atoms with van der Waals surface area (Å²) in [5, 5.41) is 8.23. The van der Waals surface area contributed by atoms with E-state index in [4.69, 9.17) is 0 Å². The van der Waals surface area contributed by atoms with E-state index < -0.39 is 0 Å². The Bertz CT molecular complexity index is 321. The maximum atomic E-state index is 10.6. The van der Waals surface area contributed by atoms with Crippen molar-refractivity contribution in [1.29, 1.82) is 0 Å². The molecule has 25 heavy (non-hydrogen) atoms. The topological polar surface area (TPSA) is 87.3 Å². The van der Waals surface area contributed by atoms with Crippen LogP contribution in [-0.4, -0.2) is 37.4 Å². The zero-order valence-electron chi connectivity index (χ0n) is 16.7. The van der Waals surface area contributed by atoms with Crippen molar-refractivity contribution in [2.24, 2.45) is 0 Å². The van der Waals surface area contributed by atoms with Gasteiger partial charge in [0.05, 0.1) is 0 Å². The van der Waals surface area contributed by atoms with Gasteiger partial charge in [-0.3, -0.25) is 14.4 Å². The van der Waals surface area contributed by atoms with E-state index in [0.717, 1.165) is 71.0 Å². The van der Waals surface area contributed by atoms with Crippen LogP contribution in [0.1, 0.15) is 85.5 Å². The summed E-state index contributed by atoms with van der Waals surface area (Å²) < 4.78 is 0. The van der Waals surface area contributed by atoms with Gasteiger partial charge >= 0.3 is 0 Å². The van der Waals surface area contributed by atoms with E-state index in [1.807, 2.05) is 27.7 Å². The monoisotopic (exact) mass is 357 g/mol. The molecule has 0 bridgehead atoms. The number of hydrogen-bond acceptors (Lipinski definition) is 3. The van der Waals surface area contributed by atoms with Crippen LogP contribution in [0.4, 0.5) is 0 Å². The summed E-state index contributed by atoms with van der Waals surface area (Å²) in [6, 6.07) is 0. The molecule has 6 heteroatoms. The third-order valence-electron chi connectivity index (χ3n) is 3.46. The highest BCUT2D eigenvalue weighted by molar-refractivity contribution is 5.77. The quantitative estimate of drug-likeness (QED) is 0.623. The van der Waals surface area contributed by atoms with Crippen molar-refractivity contribution in [3.8, 4) is 0 Å². The average molecular weight is 358 g/mol. The van der Waals surface area contributed by atoms with Gasteiger partial charge in [0.1, 0.15) is 0 Å². The first kappa shape index (κ1) is 25.6. The Morgan fingerprint density at radius 3 is 1.16 bits per heavy atom. The number of piperidine rings is 1. The number of rotatable bonds is 0. The van der Waals surface area contributed by atoms with Gasteiger partial charge in [0.15, 0.2) is 0 Å². The summed E-state index contributed by atoms with van der Waals surface area (Å²) in [5.74, 6) is 0.642. The lowest BCUT2D eigenvalue weighted by molar-refractivity contribution is -0.122. The third kappa shape index (κ3) is 18.6. The largest absolute Gasteiger partial charge is 0.356 e. The Morgan fingerprint density at radius 1 is 0.480 bits per heavy atom. The zero-order chi connectivity index (χ0) is 19.3. The van der Waals surface area contributed by atoms with Crippen LogP contribution in [0.2, 0.25) is 0 Å². The minimum atomic E-state index is 0.204. The number of hydrogen-bond donors (Lipinski definition) is 3. The smallest absolute Gasteiger partial charge is 0.220 e. The second kappa shape index (κ2) is 20.5. The van der Waals surface area contributed by atoms with Gasteiger partial charge in [0, 0.05) is 38.9 Å². The molecule has 3 saturated heterocycles. The summed E-state index contributed by atoms with van der Waals surface area (Å²) in [5.41, 5.74) is 0. The molecule has 0 aromatic heterocycles. The van der Waals surface area contributed by atoms with Gasteiger partial charge in [0.25, 0.3) is 0 Å².